The molecule has 0 N–H and O–H groups in total. The van der Waals surface area contributed by atoms with Gasteiger partial charge in [-0.25, -0.2) is 4.98 Å². The van der Waals surface area contributed by atoms with Gasteiger partial charge in [-0.1, -0.05) is 31.7 Å². The quantitative estimate of drug-likeness (QED) is 0.406. The topological polar surface area (TPSA) is 12.9 Å². The maximum atomic E-state index is 13.2. The summed E-state index contributed by atoms with van der Waals surface area (Å²) in [5.41, 5.74) is -1.89. The van der Waals surface area contributed by atoms with Crippen molar-refractivity contribution in [2.45, 2.75) is 56.8 Å². The number of benzene rings is 1. The normalized spacial score (nSPS) is 17.7. The first-order valence-electron chi connectivity index (χ1n) is 8.25. The van der Waals surface area contributed by atoms with E-state index in [9.17, 15) is 26.3 Å². The van der Waals surface area contributed by atoms with Crippen LogP contribution in [-0.4, -0.2) is 4.98 Å². The molecule has 1 aliphatic carbocycles. The van der Waals surface area contributed by atoms with Gasteiger partial charge in [-0.2, -0.15) is 26.3 Å². The minimum absolute atomic E-state index is 0.0779. The van der Waals surface area contributed by atoms with E-state index >= 15 is 0 Å². The fraction of sp³-hybridized carbons (Fsp3) is 0.500. The van der Waals surface area contributed by atoms with Crippen molar-refractivity contribution in [3.8, 4) is 0 Å². The first-order valence-corrected chi connectivity index (χ1v) is 8.25. The van der Waals surface area contributed by atoms with E-state index in [1.807, 2.05) is 0 Å². The molecule has 1 saturated carbocycles. The van der Waals surface area contributed by atoms with Crippen LogP contribution in [0, 0.1) is 0 Å². The van der Waals surface area contributed by atoms with Crippen molar-refractivity contribution >= 4 is 10.9 Å². The van der Waals surface area contributed by atoms with Crippen LogP contribution in [0.15, 0.2) is 24.3 Å². The number of fused-ring (bicyclic) bond motifs is 1. The highest BCUT2D eigenvalue weighted by Crippen LogP contribution is 2.40. The lowest BCUT2D eigenvalue weighted by atomic mass is 9.88. The van der Waals surface area contributed by atoms with Crippen LogP contribution < -0.4 is 0 Å². The third-order valence-corrected chi connectivity index (χ3v) is 4.75. The maximum absolute atomic E-state index is 13.2. The summed E-state index contributed by atoms with van der Waals surface area (Å²) in [6.07, 6.45) is -3.93. The third kappa shape index (κ3) is 3.90. The Morgan fingerprint density at radius 3 is 2.00 bits per heavy atom. The van der Waals surface area contributed by atoms with Crippen LogP contribution in [-0.2, 0) is 12.4 Å². The molecule has 7 heteroatoms. The van der Waals surface area contributed by atoms with E-state index in [0.29, 0.717) is 17.0 Å². The summed E-state index contributed by atoms with van der Waals surface area (Å²) < 4.78 is 78.3. The number of pyridine rings is 1. The monoisotopic (exact) mass is 361 g/mol. The number of rotatable bonds is 1. The van der Waals surface area contributed by atoms with Crippen LogP contribution in [0.3, 0.4) is 0 Å². The Labute approximate surface area is 141 Å². The molecular weight excluding hydrogens is 344 g/mol. The summed E-state index contributed by atoms with van der Waals surface area (Å²) in [6, 6.07) is 3.90. The molecular formula is C18H17F6N. The first kappa shape index (κ1) is 18.0. The van der Waals surface area contributed by atoms with E-state index in [4.69, 9.17) is 0 Å². The summed E-state index contributed by atoms with van der Waals surface area (Å²) in [4.78, 5) is 3.47. The molecule has 1 aliphatic rings. The van der Waals surface area contributed by atoms with Crippen molar-refractivity contribution in [2.24, 2.45) is 0 Å². The average Bonchev–Trinajstić information content (AvgIpc) is 2.80. The molecule has 1 aromatic carbocycles. The maximum Gasteiger partial charge on any atom is 0.433 e. The lowest BCUT2D eigenvalue weighted by Gasteiger charge is -2.19. The van der Waals surface area contributed by atoms with Crippen molar-refractivity contribution in [3.05, 3.63) is 41.1 Å². The Hall–Kier alpha value is -1.79. The number of hydrogen-bond acceptors (Lipinski definition) is 1. The molecule has 0 bridgehead atoms. The van der Waals surface area contributed by atoms with Crippen LogP contribution in [0.2, 0.25) is 0 Å². The highest BCUT2D eigenvalue weighted by atomic mass is 19.4. The number of alkyl halides is 6. The van der Waals surface area contributed by atoms with Gasteiger partial charge in [0.15, 0.2) is 0 Å². The van der Waals surface area contributed by atoms with Crippen molar-refractivity contribution in [2.75, 3.05) is 0 Å². The van der Waals surface area contributed by atoms with Crippen molar-refractivity contribution < 1.29 is 26.3 Å². The molecule has 0 atom stereocenters. The number of halogens is 6. The van der Waals surface area contributed by atoms with Crippen molar-refractivity contribution in [1.29, 1.82) is 0 Å². The second-order valence-corrected chi connectivity index (χ2v) is 6.51. The molecule has 0 radical (unpaired) electrons. The molecule has 1 aromatic heterocycles. The van der Waals surface area contributed by atoms with Crippen LogP contribution in [0.25, 0.3) is 10.9 Å². The molecule has 0 amide bonds. The summed E-state index contributed by atoms with van der Waals surface area (Å²) in [6.45, 7) is 0. The van der Waals surface area contributed by atoms with Gasteiger partial charge in [0, 0.05) is 5.39 Å². The second-order valence-electron chi connectivity index (χ2n) is 6.51. The van der Waals surface area contributed by atoms with Crippen molar-refractivity contribution in [3.63, 3.8) is 0 Å². The zero-order valence-corrected chi connectivity index (χ0v) is 13.3. The molecule has 0 unspecified atom stereocenters. The van der Waals surface area contributed by atoms with Crippen LogP contribution in [0.5, 0.6) is 0 Å². The molecule has 1 fully saturated rings. The van der Waals surface area contributed by atoms with E-state index in [2.05, 4.69) is 4.98 Å². The van der Waals surface area contributed by atoms with Gasteiger partial charge >= 0.3 is 12.4 Å². The van der Waals surface area contributed by atoms with E-state index in [1.54, 1.807) is 0 Å². The molecule has 25 heavy (non-hydrogen) atoms. The van der Waals surface area contributed by atoms with Crippen LogP contribution >= 0.6 is 0 Å². The van der Waals surface area contributed by atoms with Gasteiger partial charge in [0.25, 0.3) is 0 Å². The Kier molecular flexibility index (Phi) is 4.68. The third-order valence-electron chi connectivity index (χ3n) is 4.75. The number of hydrogen-bond donors (Lipinski definition) is 0. The SMILES string of the molecule is FC(F)(F)c1ccc2c(C3CCCCCC3)cc(C(F)(F)F)nc2c1. The molecule has 3 rings (SSSR count). The average molecular weight is 361 g/mol. The highest BCUT2D eigenvalue weighted by molar-refractivity contribution is 5.84. The summed E-state index contributed by atoms with van der Waals surface area (Å²) >= 11 is 0. The molecule has 1 nitrogen and oxygen atoms in total. The fourth-order valence-electron chi connectivity index (χ4n) is 3.51. The molecule has 136 valence electrons. The zero-order valence-electron chi connectivity index (χ0n) is 13.3. The predicted octanol–water partition coefficient (Wildman–Crippen LogP) is 6.71. The van der Waals surface area contributed by atoms with Crippen LogP contribution in [0.4, 0.5) is 26.3 Å². The van der Waals surface area contributed by atoms with Gasteiger partial charge in [0.2, 0.25) is 0 Å². The molecule has 1 heterocycles. The number of aromatic nitrogens is 1. The molecule has 0 aliphatic heterocycles. The zero-order chi connectivity index (χ0) is 18.2. The highest BCUT2D eigenvalue weighted by Gasteiger charge is 2.35. The summed E-state index contributed by atoms with van der Waals surface area (Å²) in [5, 5.41) is 0.382. The van der Waals surface area contributed by atoms with Gasteiger partial charge in [-0.15, -0.1) is 0 Å². The number of nitrogens with zero attached hydrogens (tertiary/aromatic N) is 1. The van der Waals surface area contributed by atoms with Crippen molar-refractivity contribution in [1.82, 2.24) is 4.98 Å². The second kappa shape index (κ2) is 6.50. The Balaban J connectivity index is 2.19. The van der Waals surface area contributed by atoms with Gasteiger partial charge in [0.05, 0.1) is 11.1 Å². The minimum Gasteiger partial charge on any atom is -0.243 e. The standard InChI is InChI=1S/C18H17F6N/c19-17(20,21)12-7-8-13-14(11-5-3-1-2-4-6-11)10-16(18(22,23)24)25-15(13)9-12/h7-11H,1-6H2. The Bertz CT molecular complexity index is 749. The lowest BCUT2D eigenvalue weighted by Crippen LogP contribution is -2.12. The Morgan fingerprint density at radius 1 is 0.800 bits per heavy atom. The van der Waals surface area contributed by atoms with Gasteiger partial charge in [-0.05, 0) is 42.5 Å². The van der Waals surface area contributed by atoms with Crippen LogP contribution in [0.1, 0.15) is 61.3 Å². The fourth-order valence-corrected chi connectivity index (χ4v) is 3.51. The van der Waals surface area contributed by atoms with E-state index < -0.39 is 23.6 Å². The minimum atomic E-state index is -4.69. The largest absolute Gasteiger partial charge is 0.433 e. The van der Waals surface area contributed by atoms with E-state index in [1.165, 1.54) is 6.07 Å². The first-order chi connectivity index (χ1) is 11.7. The van der Waals surface area contributed by atoms with E-state index in [-0.39, 0.29) is 11.4 Å². The van der Waals surface area contributed by atoms with Gasteiger partial charge < -0.3 is 0 Å². The van der Waals surface area contributed by atoms with Gasteiger partial charge in [0.1, 0.15) is 5.69 Å². The lowest BCUT2D eigenvalue weighted by molar-refractivity contribution is -0.141. The summed E-state index contributed by atoms with van der Waals surface area (Å²) in [7, 11) is 0. The molecule has 0 spiro atoms. The predicted molar refractivity (Wildman–Crippen MR) is 82.2 cm³/mol. The molecule has 0 saturated heterocycles. The smallest absolute Gasteiger partial charge is 0.243 e. The molecule has 2 aromatic rings. The van der Waals surface area contributed by atoms with Gasteiger partial charge in [-0.3, -0.25) is 0 Å². The Morgan fingerprint density at radius 2 is 1.44 bits per heavy atom. The summed E-state index contributed by atoms with van der Waals surface area (Å²) in [5.74, 6) is -0.0779. The van der Waals surface area contributed by atoms with E-state index in [0.717, 1.165) is 50.7 Å².